The molecule has 2 atom stereocenters. The highest BCUT2D eigenvalue weighted by Crippen LogP contribution is 2.31. The van der Waals surface area contributed by atoms with E-state index < -0.39 is 16.3 Å². The molecule has 1 aliphatic heterocycles. The lowest BCUT2D eigenvalue weighted by atomic mass is 9.98. The lowest BCUT2D eigenvalue weighted by Crippen LogP contribution is -2.24. The van der Waals surface area contributed by atoms with Gasteiger partial charge in [0.2, 0.25) is 0 Å². The number of rotatable bonds is 5. The standard InChI is InChI=1S/C21H22F2N4O3S/c1-12(13-4-3-5-14(8-13)19(22)23)25-20-17-9-16(15-6-7-31(29,30)11-15)21(28)27(2)18(17)10-24-26-20/h3-5,8-10,12,15,19H,6-7,11H2,1-2H3,(H,25,26)/t12-,15?/m1/s1. The predicted octanol–water partition coefficient (Wildman–Crippen LogP) is 3.34. The van der Waals surface area contributed by atoms with Crippen LogP contribution in [0.3, 0.4) is 0 Å². The Bertz CT molecular complexity index is 1310. The first-order valence-electron chi connectivity index (χ1n) is 9.86. The minimum absolute atomic E-state index is 0.0498. The number of nitrogens with zero attached hydrogens (tertiary/aromatic N) is 3. The van der Waals surface area contributed by atoms with Gasteiger partial charge in [-0.1, -0.05) is 18.2 Å². The van der Waals surface area contributed by atoms with Crippen LogP contribution in [0.25, 0.3) is 10.9 Å². The van der Waals surface area contributed by atoms with Gasteiger partial charge in [0.25, 0.3) is 12.0 Å². The summed E-state index contributed by atoms with van der Waals surface area (Å²) in [5.41, 5.74) is 1.30. The van der Waals surface area contributed by atoms with Crippen LogP contribution in [0.1, 0.15) is 48.4 Å². The third-order valence-corrected chi connectivity index (χ3v) is 7.54. The quantitative estimate of drug-likeness (QED) is 0.644. The lowest BCUT2D eigenvalue weighted by molar-refractivity contribution is 0.151. The molecule has 1 aliphatic rings. The van der Waals surface area contributed by atoms with Crippen molar-refractivity contribution in [1.29, 1.82) is 0 Å². The summed E-state index contributed by atoms with van der Waals surface area (Å²) >= 11 is 0. The number of nitrogens with one attached hydrogen (secondary N) is 1. The molecule has 0 spiro atoms. The van der Waals surface area contributed by atoms with Crippen molar-refractivity contribution in [2.75, 3.05) is 16.8 Å². The summed E-state index contributed by atoms with van der Waals surface area (Å²) < 4.78 is 51.4. The van der Waals surface area contributed by atoms with Gasteiger partial charge in [-0.05, 0) is 31.0 Å². The first-order chi connectivity index (χ1) is 14.7. The molecule has 164 valence electrons. The second kappa shape index (κ2) is 7.99. The van der Waals surface area contributed by atoms with Gasteiger partial charge in [-0.3, -0.25) is 4.79 Å². The summed E-state index contributed by atoms with van der Waals surface area (Å²) in [6.45, 7) is 1.82. The van der Waals surface area contributed by atoms with Crippen LogP contribution < -0.4 is 10.9 Å². The van der Waals surface area contributed by atoms with Gasteiger partial charge in [0.1, 0.15) is 0 Å². The Morgan fingerprint density at radius 2 is 1.97 bits per heavy atom. The Kier molecular flexibility index (Phi) is 5.50. The number of aryl methyl sites for hydroxylation is 1. The van der Waals surface area contributed by atoms with E-state index in [4.69, 9.17) is 0 Å². The SMILES string of the molecule is C[C@@H](Nc1nncc2c1cc(C1CCS(=O)(=O)C1)c(=O)n2C)c1cccc(C(F)F)c1. The molecule has 0 aliphatic carbocycles. The third kappa shape index (κ3) is 4.16. The molecule has 0 saturated carbocycles. The predicted molar refractivity (Wildman–Crippen MR) is 114 cm³/mol. The number of halogens is 2. The summed E-state index contributed by atoms with van der Waals surface area (Å²) in [4.78, 5) is 12.9. The molecular formula is C21H22F2N4O3S. The minimum atomic E-state index is -3.16. The Balaban J connectivity index is 1.75. The first kappa shape index (κ1) is 21.4. The van der Waals surface area contributed by atoms with Gasteiger partial charge in [0.15, 0.2) is 15.7 Å². The van der Waals surface area contributed by atoms with Crippen LogP contribution in [0.2, 0.25) is 0 Å². The molecule has 3 heterocycles. The number of anilines is 1. The normalized spacial score (nSPS) is 19.1. The molecule has 31 heavy (non-hydrogen) atoms. The average Bonchev–Trinajstić information content (AvgIpc) is 3.10. The van der Waals surface area contributed by atoms with Crippen LogP contribution in [0.5, 0.6) is 0 Å². The fraction of sp³-hybridized carbons (Fsp3) is 0.381. The van der Waals surface area contributed by atoms with E-state index in [2.05, 4.69) is 15.5 Å². The van der Waals surface area contributed by atoms with Gasteiger partial charge < -0.3 is 9.88 Å². The van der Waals surface area contributed by atoms with E-state index in [0.717, 1.165) is 0 Å². The third-order valence-electron chi connectivity index (χ3n) is 5.77. The highest BCUT2D eigenvalue weighted by atomic mass is 32.2. The number of pyridine rings is 1. The zero-order valence-corrected chi connectivity index (χ0v) is 17.9. The molecule has 1 unspecified atom stereocenters. The summed E-state index contributed by atoms with van der Waals surface area (Å²) in [5.74, 6) is 0.0430. The zero-order valence-electron chi connectivity index (χ0n) is 17.0. The Morgan fingerprint density at radius 1 is 1.23 bits per heavy atom. The van der Waals surface area contributed by atoms with Crippen LogP contribution in [-0.2, 0) is 16.9 Å². The van der Waals surface area contributed by atoms with Gasteiger partial charge in [0.05, 0.1) is 29.3 Å². The monoisotopic (exact) mass is 448 g/mol. The Labute approximate surface area is 178 Å². The zero-order chi connectivity index (χ0) is 22.3. The largest absolute Gasteiger partial charge is 0.361 e. The van der Waals surface area contributed by atoms with E-state index in [1.54, 1.807) is 25.2 Å². The molecular weight excluding hydrogens is 426 g/mol. The van der Waals surface area contributed by atoms with Crippen molar-refractivity contribution in [3.05, 3.63) is 63.6 Å². The van der Waals surface area contributed by atoms with Gasteiger partial charge in [0, 0.05) is 29.5 Å². The lowest BCUT2D eigenvalue weighted by Gasteiger charge is -2.18. The summed E-state index contributed by atoms with van der Waals surface area (Å²) in [6.07, 6.45) is -0.690. The molecule has 0 radical (unpaired) electrons. The van der Waals surface area contributed by atoms with Gasteiger partial charge >= 0.3 is 0 Å². The van der Waals surface area contributed by atoms with E-state index in [1.807, 2.05) is 6.92 Å². The van der Waals surface area contributed by atoms with Crippen LogP contribution in [0.4, 0.5) is 14.6 Å². The number of fused-ring (bicyclic) bond motifs is 1. The highest BCUT2D eigenvalue weighted by Gasteiger charge is 2.31. The van der Waals surface area contributed by atoms with Crippen molar-refractivity contribution < 1.29 is 17.2 Å². The van der Waals surface area contributed by atoms with Crippen molar-refractivity contribution in [3.63, 3.8) is 0 Å². The summed E-state index contributed by atoms with van der Waals surface area (Å²) in [6, 6.07) is 7.45. The fourth-order valence-electron chi connectivity index (χ4n) is 4.01. The molecule has 2 aromatic heterocycles. The molecule has 1 fully saturated rings. The maximum Gasteiger partial charge on any atom is 0.263 e. The maximum atomic E-state index is 13.1. The number of hydrogen-bond donors (Lipinski definition) is 1. The minimum Gasteiger partial charge on any atom is -0.361 e. The highest BCUT2D eigenvalue weighted by molar-refractivity contribution is 7.91. The molecule has 0 bridgehead atoms. The Morgan fingerprint density at radius 3 is 2.65 bits per heavy atom. The molecule has 3 aromatic rings. The van der Waals surface area contributed by atoms with E-state index in [1.165, 1.54) is 22.9 Å². The van der Waals surface area contributed by atoms with Crippen molar-refractivity contribution in [1.82, 2.24) is 14.8 Å². The molecule has 10 heteroatoms. The van der Waals surface area contributed by atoms with E-state index in [-0.39, 0.29) is 34.6 Å². The molecule has 1 N–H and O–H groups in total. The summed E-state index contributed by atoms with van der Waals surface area (Å²) in [5, 5.41) is 11.9. The maximum absolute atomic E-state index is 13.1. The van der Waals surface area contributed by atoms with Gasteiger partial charge in [-0.2, -0.15) is 5.10 Å². The number of hydrogen-bond acceptors (Lipinski definition) is 6. The average molecular weight is 448 g/mol. The number of alkyl halides is 2. The number of benzene rings is 1. The van der Waals surface area contributed by atoms with Crippen LogP contribution in [0.15, 0.2) is 41.3 Å². The van der Waals surface area contributed by atoms with E-state index in [0.29, 0.717) is 34.3 Å². The fourth-order valence-corrected chi connectivity index (χ4v) is 5.78. The summed E-state index contributed by atoms with van der Waals surface area (Å²) in [7, 11) is -1.55. The number of sulfone groups is 1. The second-order valence-electron chi connectivity index (χ2n) is 7.89. The van der Waals surface area contributed by atoms with Crippen LogP contribution >= 0.6 is 0 Å². The molecule has 0 amide bonds. The number of aromatic nitrogens is 3. The molecule has 1 aromatic carbocycles. The van der Waals surface area contributed by atoms with E-state index in [9.17, 15) is 22.0 Å². The van der Waals surface area contributed by atoms with Crippen LogP contribution in [0, 0.1) is 0 Å². The van der Waals surface area contributed by atoms with Crippen LogP contribution in [-0.4, -0.2) is 34.7 Å². The van der Waals surface area contributed by atoms with Crippen molar-refractivity contribution in [2.45, 2.75) is 31.7 Å². The molecule has 4 rings (SSSR count). The molecule has 1 saturated heterocycles. The van der Waals surface area contributed by atoms with Crippen molar-refractivity contribution >= 4 is 26.6 Å². The van der Waals surface area contributed by atoms with Gasteiger partial charge in [-0.25, -0.2) is 17.2 Å². The second-order valence-corrected chi connectivity index (χ2v) is 10.1. The smallest absolute Gasteiger partial charge is 0.263 e. The Hall–Kier alpha value is -2.88. The topological polar surface area (TPSA) is 94.0 Å². The van der Waals surface area contributed by atoms with Crippen molar-refractivity contribution in [3.8, 4) is 0 Å². The van der Waals surface area contributed by atoms with Crippen molar-refractivity contribution in [2.24, 2.45) is 7.05 Å². The first-order valence-corrected chi connectivity index (χ1v) is 11.7. The van der Waals surface area contributed by atoms with E-state index >= 15 is 0 Å². The molecule has 7 nitrogen and oxygen atoms in total. The van der Waals surface area contributed by atoms with Gasteiger partial charge in [-0.15, -0.1) is 5.10 Å².